The van der Waals surface area contributed by atoms with Crippen LogP contribution in [0, 0.1) is 11.3 Å². The molecule has 1 heterocycles. The Bertz CT molecular complexity index is 461. The van der Waals surface area contributed by atoms with E-state index in [1.165, 1.54) is 12.8 Å². The van der Waals surface area contributed by atoms with Crippen LogP contribution in [-0.4, -0.2) is 30.6 Å². The minimum absolute atomic E-state index is 0.188. The molecule has 3 nitrogen and oxygen atoms in total. The van der Waals surface area contributed by atoms with Gasteiger partial charge in [-0.05, 0) is 45.8 Å². The van der Waals surface area contributed by atoms with Crippen LogP contribution in [0.1, 0.15) is 32.3 Å². The van der Waals surface area contributed by atoms with E-state index in [0.717, 1.165) is 18.7 Å². The number of rotatable bonds is 4. The van der Waals surface area contributed by atoms with E-state index in [1.807, 2.05) is 37.4 Å². The summed E-state index contributed by atoms with van der Waals surface area (Å²) in [6, 6.07) is 12.5. The van der Waals surface area contributed by atoms with Gasteiger partial charge in [-0.2, -0.15) is 5.26 Å². The van der Waals surface area contributed by atoms with E-state index in [1.54, 1.807) is 0 Å². The Kier molecular flexibility index (Phi) is 3.93. The molecule has 1 aliphatic rings. The zero-order chi connectivity index (χ0) is 13.9. The second-order valence-electron chi connectivity index (χ2n) is 5.97. The summed E-state index contributed by atoms with van der Waals surface area (Å²) in [5, 5.41) is 13.0. The third-order valence-electron chi connectivity index (χ3n) is 4.38. The van der Waals surface area contributed by atoms with E-state index in [9.17, 15) is 5.26 Å². The van der Waals surface area contributed by atoms with Gasteiger partial charge in [0, 0.05) is 12.1 Å². The summed E-state index contributed by atoms with van der Waals surface area (Å²) in [7, 11) is 1.87. The number of benzene rings is 1. The fourth-order valence-electron chi connectivity index (χ4n) is 2.94. The van der Waals surface area contributed by atoms with Gasteiger partial charge in [0.2, 0.25) is 0 Å². The molecule has 3 heteroatoms. The monoisotopic (exact) mass is 257 g/mol. The molecule has 1 N–H and O–H groups in total. The summed E-state index contributed by atoms with van der Waals surface area (Å²) < 4.78 is 0. The summed E-state index contributed by atoms with van der Waals surface area (Å²) >= 11 is 0. The summed E-state index contributed by atoms with van der Waals surface area (Å²) in [5.41, 5.74) is 0.610. The molecule has 0 aromatic heterocycles. The number of hydrogen-bond donors (Lipinski definition) is 1. The Balaban J connectivity index is 2.29. The molecule has 19 heavy (non-hydrogen) atoms. The molecular formula is C16H23N3. The fraction of sp³-hybridized carbons (Fsp3) is 0.562. The van der Waals surface area contributed by atoms with E-state index in [0.29, 0.717) is 0 Å². The van der Waals surface area contributed by atoms with Crippen LogP contribution in [-0.2, 0) is 5.54 Å². The summed E-state index contributed by atoms with van der Waals surface area (Å²) in [6.45, 7) is 6.34. The van der Waals surface area contributed by atoms with Gasteiger partial charge in [-0.3, -0.25) is 10.2 Å². The van der Waals surface area contributed by atoms with Gasteiger partial charge in [0.05, 0.1) is 6.07 Å². The maximum absolute atomic E-state index is 9.72. The Morgan fingerprint density at radius 3 is 2.53 bits per heavy atom. The molecule has 102 valence electrons. The first kappa shape index (κ1) is 14.0. The van der Waals surface area contributed by atoms with Crippen molar-refractivity contribution >= 4 is 0 Å². The Hall–Kier alpha value is -1.37. The second-order valence-corrected chi connectivity index (χ2v) is 5.97. The lowest BCUT2D eigenvalue weighted by molar-refractivity contribution is 0.140. The Morgan fingerprint density at radius 2 is 2.05 bits per heavy atom. The lowest BCUT2D eigenvalue weighted by Crippen LogP contribution is -2.52. The van der Waals surface area contributed by atoms with E-state index >= 15 is 0 Å². The molecule has 0 bridgehead atoms. The third-order valence-corrected chi connectivity index (χ3v) is 4.38. The van der Waals surface area contributed by atoms with Crippen molar-refractivity contribution in [3.63, 3.8) is 0 Å². The zero-order valence-corrected chi connectivity index (χ0v) is 12.1. The van der Waals surface area contributed by atoms with Crippen LogP contribution in [0.2, 0.25) is 0 Å². The van der Waals surface area contributed by atoms with Crippen LogP contribution in [0.4, 0.5) is 0 Å². The molecule has 1 aliphatic heterocycles. The standard InChI is InChI=1S/C16H23N3/c1-15(2)10-7-11-19(15)13-16(12-17,18-3)14-8-5-4-6-9-14/h4-6,8-9,18H,7,10-11,13H2,1-3H3. The molecule has 0 amide bonds. The normalized spacial score (nSPS) is 21.8. The Labute approximate surface area is 116 Å². The van der Waals surface area contributed by atoms with Gasteiger partial charge in [0.15, 0.2) is 0 Å². The molecule has 0 spiro atoms. The van der Waals surface area contributed by atoms with Crippen molar-refractivity contribution in [1.82, 2.24) is 10.2 Å². The largest absolute Gasteiger partial charge is 0.298 e. The van der Waals surface area contributed by atoms with Gasteiger partial charge in [0.1, 0.15) is 5.54 Å². The van der Waals surface area contributed by atoms with Crippen molar-refractivity contribution in [1.29, 1.82) is 5.26 Å². The van der Waals surface area contributed by atoms with Crippen molar-refractivity contribution < 1.29 is 0 Å². The predicted molar refractivity (Wildman–Crippen MR) is 77.7 cm³/mol. The maximum Gasteiger partial charge on any atom is 0.144 e. The summed E-state index contributed by atoms with van der Waals surface area (Å²) in [6.07, 6.45) is 2.42. The van der Waals surface area contributed by atoms with Gasteiger partial charge in [-0.25, -0.2) is 0 Å². The molecule has 1 unspecified atom stereocenters. The van der Waals surface area contributed by atoms with Crippen LogP contribution in [0.15, 0.2) is 30.3 Å². The van der Waals surface area contributed by atoms with Crippen LogP contribution in [0.25, 0.3) is 0 Å². The minimum atomic E-state index is -0.622. The number of nitrogens with one attached hydrogen (secondary N) is 1. The quantitative estimate of drug-likeness (QED) is 0.900. The molecule has 0 saturated carbocycles. The molecule has 1 aromatic carbocycles. The fourth-order valence-corrected chi connectivity index (χ4v) is 2.94. The van der Waals surface area contributed by atoms with E-state index < -0.39 is 5.54 Å². The van der Waals surface area contributed by atoms with Crippen molar-refractivity contribution in [3.05, 3.63) is 35.9 Å². The van der Waals surface area contributed by atoms with E-state index in [4.69, 9.17) is 0 Å². The van der Waals surface area contributed by atoms with Crippen molar-refractivity contribution in [2.45, 2.75) is 37.8 Å². The van der Waals surface area contributed by atoms with Gasteiger partial charge >= 0.3 is 0 Å². The van der Waals surface area contributed by atoms with Crippen LogP contribution < -0.4 is 5.32 Å². The molecule has 2 rings (SSSR count). The molecule has 0 radical (unpaired) electrons. The van der Waals surface area contributed by atoms with Crippen molar-refractivity contribution in [2.75, 3.05) is 20.1 Å². The zero-order valence-electron chi connectivity index (χ0n) is 12.1. The predicted octanol–water partition coefficient (Wildman–Crippen LogP) is 2.50. The highest BCUT2D eigenvalue weighted by molar-refractivity contribution is 5.32. The molecule has 0 aliphatic carbocycles. The topological polar surface area (TPSA) is 39.1 Å². The van der Waals surface area contributed by atoms with Crippen LogP contribution in [0.3, 0.4) is 0 Å². The SMILES string of the molecule is CNC(C#N)(CN1CCCC1(C)C)c1ccccc1. The van der Waals surface area contributed by atoms with E-state index in [-0.39, 0.29) is 5.54 Å². The van der Waals surface area contributed by atoms with E-state index in [2.05, 4.69) is 30.1 Å². The first-order valence-electron chi connectivity index (χ1n) is 6.95. The van der Waals surface area contributed by atoms with Crippen molar-refractivity contribution in [3.8, 4) is 6.07 Å². The number of likely N-dealkylation sites (tertiary alicyclic amines) is 1. The number of likely N-dealkylation sites (N-methyl/N-ethyl adjacent to an activating group) is 1. The average Bonchev–Trinajstić information content (AvgIpc) is 2.76. The number of nitriles is 1. The molecular weight excluding hydrogens is 234 g/mol. The average molecular weight is 257 g/mol. The molecule has 1 aromatic rings. The van der Waals surface area contributed by atoms with Gasteiger partial charge in [-0.15, -0.1) is 0 Å². The highest BCUT2D eigenvalue weighted by atomic mass is 15.2. The first-order valence-corrected chi connectivity index (χ1v) is 6.95. The molecule has 1 fully saturated rings. The van der Waals surface area contributed by atoms with Crippen LogP contribution in [0.5, 0.6) is 0 Å². The minimum Gasteiger partial charge on any atom is -0.298 e. The summed E-state index contributed by atoms with van der Waals surface area (Å²) in [5.74, 6) is 0. The lowest BCUT2D eigenvalue weighted by atomic mass is 9.89. The number of nitrogens with zero attached hydrogens (tertiary/aromatic N) is 2. The highest BCUT2D eigenvalue weighted by Crippen LogP contribution is 2.32. The van der Waals surface area contributed by atoms with Gasteiger partial charge in [-0.1, -0.05) is 30.3 Å². The second kappa shape index (κ2) is 5.32. The van der Waals surface area contributed by atoms with Crippen LogP contribution >= 0.6 is 0 Å². The highest BCUT2D eigenvalue weighted by Gasteiger charge is 2.40. The smallest absolute Gasteiger partial charge is 0.144 e. The lowest BCUT2D eigenvalue weighted by Gasteiger charge is -2.38. The molecule has 1 saturated heterocycles. The first-order chi connectivity index (χ1) is 9.04. The number of hydrogen-bond acceptors (Lipinski definition) is 3. The summed E-state index contributed by atoms with van der Waals surface area (Å²) in [4.78, 5) is 2.43. The molecule has 1 atom stereocenters. The third kappa shape index (κ3) is 2.65. The maximum atomic E-state index is 9.72. The Morgan fingerprint density at radius 1 is 1.37 bits per heavy atom. The van der Waals surface area contributed by atoms with Gasteiger partial charge < -0.3 is 0 Å². The van der Waals surface area contributed by atoms with Gasteiger partial charge in [0.25, 0.3) is 0 Å². The van der Waals surface area contributed by atoms with Crippen molar-refractivity contribution in [2.24, 2.45) is 0 Å².